The van der Waals surface area contributed by atoms with Gasteiger partial charge in [0.1, 0.15) is 0 Å². The van der Waals surface area contributed by atoms with Crippen molar-refractivity contribution in [2.24, 2.45) is 5.41 Å². The van der Waals surface area contributed by atoms with E-state index in [-0.39, 0.29) is 27.8 Å². The van der Waals surface area contributed by atoms with Gasteiger partial charge in [-0.05, 0) is 48.2 Å². The van der Waals surface area contributed by atoms with Gasteiger partial charge >= 0.3 is 5.97 Å². The first-order chi connectivity index (χ1) is 14.5. The number of carbonyl (C=O) groups excluding carboxylic acids is 2. The quantitative estimate of drug-likeness (QED) is 0.423. The number of thioether (sulfide) groups is 1. The highest BCUT2D eigenvalue weighted by Gasteiger charge is 2.20. The predicted octanol–water partition coefficient (Wildman–Crippen LogP) is 5.92. The predicted molar refractivity (Wildman–Crippen MR) is 126 cm³/mol. The highest BCUT2D eigenvalue weighted by molar-refractivity contribution is 8.00. The second-order valence-corrected chi connectivity index (χ2v) is 10.0. The number of aromatic carboxylic acids is 1. The fourth-order valence-corrected chi connectivity index (χ4v) is 4.02. The molecule has 0 aromatic heterocycles. The second kappa shape index (κ2) is 10.7. The normalized spacial score (nSPS) is 12.2. The first-order valence-electron chi connectivity index (χ1n) is 9.89. The number of nitrogens with one attached hydrogen (secondary N) is 2. The molecular weight excluding hydrogens is 436 g/mol. The number of carboxylic acid groups (broad SMARTS) is 1. The van der Waals surface area contributed by atoms with Crippen LogP contribution < -0.4 is 10.6 Å². The van der Waals surface area contributed by atoms with E-state index in [4.69, 9.17) is 11.6 Å². The van der Waals surface area contributed by atoms with Gasteiger partial charge in [0.05, 0.1) is 15.8 Å². The molecule has 1 unspecified atom stereocenters. The van der Waals surface area contributed by atoms with Gasteiger partial charge in [-0.25, -0.2) is 4.79 Å². The Balaban J connectivity index is 2.07. The molecule has 0 fully saturated rings. The highest BCUT2D eigenvalue weighted by atomic mass is 35.5. The third-order valence-electron chi connectivity index (χ3n) is 4.21. The SMILES string of the molecule is CCC(Sc1cccc(NC(=O)CC(C)(C)C)c1)C(=O)Nc1ccc(Cl)c(C(=O)O)c1. The molecule has 0 saturated heterocycles. The van der Waals surface area contributed by atoms with Crippen LogP contribution in [0.5, 0.6) is 0 Å². The monoisotopic (exact) mass is 462 g/mol. The largest absolute Gasteiger partial charge is 0.478 e. The Morgan fingerprint density at radius 2 is 1.74 bits per heavy atom. The Hall–Kier alpha value is -2.51. The maximum absolute atomic E-state index is 12.8. The molecule has 0 bridgehead atoms. The van der Waals surface area contributed by atoms with Gasteiger partial charge in [-0.3, -0.25) is 9.59 Å². The van der Waals surface area contributed by atoms with Crippen molar-refractivity contribution in [2.75, 3.05) is 10.6 Å². The summed E-state index contributed by atoms with van der Waals surface area (Å²) in [5.74, 6) is -1.46. The van der Waals surface area contributed by atoms with Gasteiger partial charge in [-0.15, -0.1) is 11.8 Å². The van der Waals surface area contributed by atoms with Crippen molar-refractivity contribution in [3.8, 4) is 0 Å². The molecule has 3 N–H and O–H groups in total. The summed E-state index contributed by atoms with van der Waals surface area (Å²) in [7, 11) is 0. The van der Waals surface area contributed by atoms with Gasteiger partial charge in [0, 0.05) is 22.7 Å². The summed E-state index contributed by atoms with van der Waals surface area (Å²) in [6, 6.07) is 11.7. The van der Waals surface area contributed by atoms with Crippen LogP contribution in [0.1, 0.15) is 50.9 Å². The molecule has 2 aromatic carbocycles. The van der Waals surface area contributed by atoms with Gasteiger partial charge in [-0.2, -0.15) is 0 Å². The number of hydrogen-bond acceptors (Lipinski definition) is 4. The molecule has 1 atom stereocenters. The highest BCUT2D eigenvalue weighted by Crippen LogP contribution is 2.29. The van der Waals surface area contributed by atoms with E-state index >= 15 is 0 Å². The van der Waals surface area contributed by atoms with Crippen molar-refractivity contribution in [1.29, 1.82) is 0 Å². The maximum atomic E-state index is 12.8. The van der Waals surface area contributed by atoms with E-state index in [0.717, 1.165) is 4.90 Å². The number of carboxylic acids is 1. The summed E-state index contributed by atoms with van der Waals surface area (Å²) in [4.78, 5) is 37.0. The Morgan fingerprint density at radius 1 is 1.06 bits per heavy atom. The lowest BCUT2D eigenvalue weighted by Gasteiger charge is -2.18. The minimum Gasteiger partial charge on any atom is -0.478 e. The standard InChI is InChI=1S/C23H27ClN2O4S/c1-5-19(21(28)26-15-9-10-18(24)17(12-15)22(29)30)31-16-8-6-7-14(11-16)25-20(27)13-23(2,3)4/h6-12,19H,5,13H2,1-4H3,(H,25,27)(H,26,28)(H,29,30). The third kappa shape index (κ3) is 7.92. The molecule has 0 spiro atoms. The van der Waals surface area contributed by atoms with Crippen LogP contribution in [0.25, 0.3) is 0 Å². The topological polar surface area (TPSA) is 95.5 Å². The second-order valence-electron chi connectivity index (χ2n) is 8.32. The summed E-state index contributed by atoms with van der Waals surface area (Å²) in [6.07, 6.45) is 0.972. The summed E-state index contributed by atoms with van der Waals surface area (Å²) in [5, 5.41) is 14.6. The van der Waals surface area contributed by atoms with Crippen molar-refractivity contribution >= 4 is 52.5 Å². The lowest BCUT2D eigenvalue weighted by molar-refractivity contribution is -0.118. The number of halogens is 1. The van der Waals surface area contributed by atoms with Crippen molar-refractivity contribution in [3.63, 3.8) is 0 Å². The Labute approximate surface area is 191 Å². The molecule has 2 rings (SSSR count). The zero-order valence-corrected chi connectivity index (χ0v) is 19.6. The van der Waals surface area contributed by atoms with Gasteiger partial charge < -0.3 is 15.7 Å². The van der Waals surface area contributed by atoms with Gasteiger partial charge in [-0.1, -0.05) is 45.4 Å². The molecule has 0 aliphatic carbocycles. The van der Waals surface area contributed by atoms with E-state index in [1.165, 1.54) is 23.9 Å². The third-order valence-corrected chi connectivity index (χ3v) is 5.90. The van der Waals surface area contributed by atoms with Crippen LogP contribution in [0.15, 0.2) is 47.4 Å². The molecule has 0 radical (unpaired) electrons. The molecule has 0 heterocycles. The number of rotatable bonds is 8. The van der Waals surface area contributed by atoms with Crippen LogP contribution in [-0.4, -0.2) is 28.1 Å². The Morgan fingerprint density at radius 3 is 2.35 bits per heavy atom. The number of amides is 2. The average molecular weight is 463 g/mol. The zero-order valence-electron chi connectivity index (χ0n) is 18.0. The molecule has 6 nitrogen and oxygen atoms in total. The van der Waals surface area contributed by atoms with Crippen molar-refractivity contribution < 1.29 is 19.5 Å². The van der Waals surface area contributed by atoms with Crippen LogP contribution >= 0.6 is 23.4 Å². The molecule has 31 heavy (non-hydrogen) atoms. The first kappa shape index (κ1) is 24.8. The number of carbonyl (C=O) groups is 3. The van der Waals surface area contributed by atoms with Gasteiger partial charge in [0.2, 0.25) is 11.8 Å². The number of hydrogen-bond donors (Lipinski definition) is 3. The fourth-order valence-electron chi connectivity index (χ4n) is 2.81. The van der Waals surface area contributed by atoms with Crippen molar-refractivity contribution in [3.05, 3.63) is 53.1 Å². The summed E-state index contributed by atoms with van der Waals surface area (Å²) >= 11 is 7.26. The lowest BCUT2D eigenvalue weighted by atomic mass is 9.92. The van der Waals surface area contributed by atoms with E-state index < -0.39 is 11.2 Å². The number of anilines is 2. The van der Waals surface area contributed by atoms with Crippen LogP contribution in [-0.2, 0) is 9.59 Å². The molecule has 0 saturated carbocycles. The Kier molecular flexibility index (Phi) is 8.53. The molecule has 0 aliphatic heterocycles. The van der Waals surface area contributed by atoms with Crippen LogP contribution in [0.4, 0.5) is 11.4 Å². The molecule has 2 amide bonds. The molecule has 0 aliphatic rings. The summed E-state index contributed by atoms with van der Waals surface area (Å²) < 4.78 is 0. The smallest absolute Gasteiger partial charge is 0.337 e. The van der Waals surface area contributed by atoms with E-state index in [9.17, 15) is 19.5 Å². The molecular formula is C23H27ClN2O4S. The van der Waals surface area contributed by atoms with E-state index in [1.54, 1.807) is 6.07 Å². The lowest BCUT2D eigenvalue weighted by Crippen LogP contribution is -2.24. The maximum Gasteiger partial charge on any atom is 0.337 e. The van der Waals surface area contributed by atoms with E-state index in [0.29, 0.717) is 24.2 Å². The molecule has 2 aromatic rings. The fraction of sp³-hybridized carbons (Fsp3) is 0.348. The van der Waals surface area contributed by atoms with E-state index in [2.05, 4.69) is 10.6 Å². The van der Waals surface area contributed by atoms with E-state index in [1.807, 2.05) is 52.0 Å². The Bertz CT molecular complexity index is 972. The van der Waals surface area contributed by atoms with Crippen molar-refractivity contribution in [2.45, 2.75) is 50.7 Å². The van der Waals surface area contributed by atoms with Crippen LogP contribution in [0.3, 0.4) is 0 Å². The first-order valence-corrected chi connectivity index (χ1v) is 11.1. The summed E-state index contributed by atoms with van der Waals surface area (Å²) in [6.45, 7) is 7.91. The minimum atomic E-state index is -1.16. The molecule has 166 valence electrons. The number of benzene rings is 2. The van der Waals surface area contributed by atoms with Crippen LogP contribution in [0.2, 0.25) is 5.02 Å². The molecule has 8 heteroatoms. The van der Waals surface area contributed by atoms with Gasteiger partial charge in [0.25, 0.3) is 0 Å². The summed E-state index contributed by atoms with van der Waals surface area (Å²) in [5.41, 5.74) is 0.871. The average Bonchev–Trinajstić information content (AvgIpc) is 2.66. The minimum absolute atomic E-state index is 0.0589. The van der Waals surface area contributed by atoms with Gasteiger partial charge in [0.15, 0.2) is 0 Å². The zero-order chi connectivity index (χ0) is 23.2. The van der Waals surface area contributed by atoms with Crippen molar-refractivity contribution in [1.82, 2.24) is 0 Å². The van der Waals surface area contributed by atoms with Crippen LogP contribution in [0, 0.1) is 5.41 Å².